The van der Waals surface area contributed by atoms with E-state index in [1.54, 1.807) is 18.2 Å². The van der Waals surface area contributed by atoms with Gasteiger partial charge < -0.3 is 14.6 Å². The molecule has 24 heavy (non-hydrogen) atoms. The summed E-state index contributed by atoms with van der Waals surface area (Å²) >= 11 is 0. The number of anilines is 3. The van der Waals surface area contributed by atoms with Crippen LogP contribution in [0.2, 0.25) is 0 Å². The Hall–Kier alpha value is -3.40. The van der Waals surface area contributed by atoms with Crippen molar-refractivity contribution in [3.05, 3.63) is 66.7 Å². The van der Waals surface area contributed by atoms with Gasteiger partial charge in [0.05, 0.1) is 5.69 Å². The van der Waals surface area contributed by atoms with E-state index in [0.29, 0.717) is 28.7 Å². The second kappa shape index (κ2) is 4.55. The topological polar surface area (TPSA) is 41.9 Å². The zero-order valence-corrected chi connectivity index (χ0v) is 12.7. The summed E-state index contributed by atoms with van der Waals surface area (Å²) in [4.78, 5) is 1.99. The summed E-state index contributed by atoms with van der Waals surface area (Å²) in [6.07, 6.45) is 1.78. The summed E-state index contributed by atoms with van der Waals surface area (Å²) in [5.74, 6) is 2.85. The molecule has 0 unspecified atom stereocenters. The number of ether oxygens (including phenoxy) is 2. The number of fused-ring (bicyclic) bond motifs is 4. The molecule has 1 N–H and O–H groups in total. The molecular weight excluding hydrogens is 302 g/mol. The molecule has 4 heteroatoms. The van der Waals surface area contributed by atoms with Crippen LogP contribution in [0.4, 0.5) is 17.1 Å². The Morgan fingerprint density at radius 2 is 1.29 bits per heavy atom. The third-order valence-corrected chi connectivity index (χ3v) is 4.30. The highest BCUT2D eigenvalue weighted by molar-refractivity contribution is 5.97. The average Bonchev–Trinajstić information content (AvgIpc) is 2.61. The molecular formula is C20H13NO3. The van der Waals surface area contributed by atoms with Gasteiger partial charge in [-0.05, 0) is 30.3 Å². The Bertz CT molecular complexity index is 975. The average molecular weight is 315 g/mol. The predicted octanol–water partition coefficient (Wildman–Crippen LogP) is 5.72. The summed E-state index contributed by atoms with van der Waals surface area (Å²) in [5.41, 5.74) is 3.16. The fourth-order valence-electron chi connectivity index (χ4n) is 3.30. The van der Waals surface area contributed by atoms with Crippen LogP contribution in [0.15, 0.2) is 61.2 Å². The molecule has 0 atom stereocenters. The first-order chi connectivity index (χ1) is 11.8. The molecule has 4 nitrogen and oxygen atoms in total. The fourth-order valence-corrected chi connectivity index (χ4v) is 3.30. The highest BCUT2D eigenvalue weighted by Crippen LogP contribution is 2.62. The highest BCUT2D eigenvalue weighted by atomic mass is 16.5. The van der Waals surface area contributed by atoms with Crippen LogP contribution in [0.1, 0.15) is 5.56 Å². The predicted molar refractivity (Wildman–Crippen MR) is 93.0 cm³/mol. The summed E-state index contributed by atoms with van der Waals surface area (Å²) in [7, 11) is 0. The molecule has 0 fully saturated rings. The second-order valence-corrected chi connectivity index (χ2v) is 5.66. The lowest BCUT2D eigenvalue weighted by Crippen LogP contribution is -2.21. The maximum atomic E-state index is 10.5. The quantitative estimate of drug-likeness (QED) is 0.430. The minimum absolute atomic E-state index is 0.152. The molecule has 0 radical (unpaired) electrons. The van der Waals surface area contributed by atoms with Gasteiger partial charge in [-0.25, -0.2) is 0 Å². The number of rotatable bonds is 1. The van der Waals surface area contributed by atoms with Crippen LogP contribution in [-0.4, -0.2) is 5.11 Å². The van der Waals surface area contributed by atoms with E-state index in [1.165, 1.54) is 0 Å². The van der Waals surface area contributed by atoms with Gasteiger partial charge in [0.2, 0.25) is 0 Å². The van der Waals surface area contributed by atoms with E-state index in [4.69, 9.17) is 9.47 Å². The molecule has 0 saturated heterocycles. The van der Waals surface area contributed by atoms with Gasteiger partial charge in [0, 0.05) is 5.56 Å². The Morgan fingerprint density at radius 1 is 0.750 bits per heavy atom. The zero-order chi connectivity index (χ0) is 16.3. The largest absolute Gasteiger partial charge is 0.506 e. The van der Waals surface area contributed by atoms with Crippen molar-refractivity contribution in [1.29, 1.82) is 0 Å². The summed E-state index contributed by atoms with van der Waals surface area (Å²) in [6, 6.07) is 16.7. The van der Waals surface area contributed by atoms with Gasteiger partial charge in [0.25, 0.3) is 0 Å². The molecule has 5 rings (SSSR count). The van der Waals surface area contributed by atoms with Crippen molar-refractivity contribution < 1.29 is 14.6 Å². The lowest BCUT2D eigenvalue weighted by Gasteiger charge is -2.38. The monoisotopic (exact) mass is 315 g/mol. The number of phenolic OH excluding ortho intramolecular Hbond substituents is 1. The van der Waals surface area contributed by atoms with E-state index in [9.17, 15) is 5.11 Å². The molecule has 3 aromatic carbocycles. The molecule has 2 aliphatic rings. The van der Waals surface area contributed by atoms with Gasteiger partial charge in [0.1, 0.15) is 17.1 Å². The van der Waals surface area contributed by atoms with Gasteiger partial charge >= 0.3 is 0 Å². The minimum atomic E-state index is 0.152. The van der Waals surface area contributed by atoms with E-state index in [-0.39, 0.29) is 5.75 Å². The Balaban J connectivity index is 1.91. The first-order valence-electron chi connectivity index (χ1n) is 7.64. The lowest BCUT2D eigenvalue weighted by atomic mass is 10.0. The smallest absolute Gasteiger partial charge is 0.155 e. The number of aromatic hydroxyl groups is 1. The number of nitrogens with zero attached hydrogens (tertiary/aromatic N) is 1. The normalized spacial score (nSPS) is 13.1. The molecule has 3 aromatic rings. The third-order valence-electron chi connectivity index (χ3n) is 4.30. The number of phenols is 1. The van der Waals surface area contributed by atoms with Crippen LogP contribution in [-0.2, 0) is 0 Å². The molecule has 0 bridgehead atoms. The standard InChI is InChI=1S/C20H13NO3/c1-2-12-6-3-8-14-18(12)21-19-13(22)7-4-9-15(19)24-17-11-5-10-16(23-14)20(17)21/h2-11,22H,1H2. The summed E-state index contributed by atoms with van der Waals surface area (Å²) < 4.78 is 12.1. The maximum Gasteiger partial charge on any atom is 0.155 e. The van der Waals surface area contributed by atoms with Crippen LogP contribution in [0.3, 0.4) is 0 Å². The number of benzene rings is 3. The zero-order valence-electron chi connectivity index (χ0n) is 12.7. The minimum Gasteiger partial charge on any atom is -0.506 e. The Kier molecular flexibility index (Phi) is 2.48. The first-order valence-corrected chi connectivity index (χ1v) is 7.64. The van der Waals surface area contributed by atoms with Crippen molar-refractivity contribution in [2.75, 3.05) is 4.90 Å². The van der Waals surface area contributed by atoms with Crippen LogP contribution in [0.25, 0.3) is 6.08 Å². The fraction of sp³-hybridized carbons (Fsp3) is 0. The molecule has 0 spiro atoms. The van der Waals surface area contributed by atoms with Crippen LogP contribution in [0.5, 0.6) is 28.7 Å². The van der Waals surface area contributed by atoms with Gasteiger partial charge in [-0.1, -0.05) is 36.9 Å². The van der Waals surface area contributed by atoms with Crippen LogP contribution >= 0.6 is 0 Å². The SMILES string of the molecule is C=Cc1cccc2c1N1c3c(O)cccc3Oc3cccc(c31)O2. The van der Waals surface area contributed by atoms with Crippen LogP contribution < -0.4 is 14.4 Å². The van der Waals surface area contributed by atoms with Crippen molar-refractivity contribution in [2.24, 2.45) is 0 Å². The molecule has 0 aromatic heterocycles. The second-order valence-electron chi connectivity index (χ2n) is 5.66. The van der Waals surface area contributed by atoms with E-state index < -0.39 is 0 Å². The Labute approximate surface area is 138 Å². The number of hydrogen-bond donors (Lipinski definition) is 1. The third kappa shape index (κ3) is 1.57. The number of para-hydroxylation sites is 3. The molecule has 2 aliphatic heterocycles. The molecule has 2 heterocycles. The highest BCUT2D eigenvalue weighted by Gasteiger charge is 2.36. The van der Waals surface area contributed by atoms with Crippen molar-refractivity contribution in [2.45, 2.75) is 0 Å². The summed E-state index contributed by atoms with van der Waals surface area (Å²) in [5, 5.41) is 10.5. The lowest BCUT2D eigenvalue weighted by molar-refractivity contribution is 0.434. The molecule has 0 aliphatic carbocycles. The summed E-state index contributed by atoms with van der Waals surface area (Å²) in [6.45, 7) is 3.91. The van der Waals surface area contributed by atoms with Crippen molar-refractivity contribution in [3.8, 4) is 28.7 Å². The maximum absolute atomic E-state index is 10.5. The van der Waals surface area contributed by atoms with Gasteiger partial charge in [0.15, 0.2) is 23.0 Å². The van der Waals surface area contributed by atoms with Gasteiger partial charge in [-0.15, -0.1) is 0 Å². The van der Waals surface area contributed by atoms with E-state index >= 15 is 0 Å². The van der Waals surface area contributed by atoms with E-state index in [2.05, 4.69) is 6.58 Å². The van der Waals surface area contributed by atoms with Crippen molar-refractivity contribution >= 4 is 23.1 Å². The van der Waals surface area contributed by atoms with E-state index in [1.807, 2.05) is 47.4 Å². The molecule has 0 saturated carbocycles. The first kappa shape index (κ1) is 13.1. The molecule has 116 valence electrons. The van der Waals surface area contributed by atoms with Gasteiger partial charge in [-0.2, -0.15) is 0 Å². The number of hydrogen-bond acceptors (Lipinski definition) is 4. The van der Waals surface area contributed by atoms with Crippen molar-refractivity contribution in [1.82, 2.24) is 0 Å². The van der Waals surface area contributed by atoms with E-state index in [0.717, 1.165) is 16.9 Å². The van der Waals surface area contributed by atoms with Gasteiger partial charge in [-0.3, -0.25) is 4.90 Å². The Morgan fingerprint density at radius 3 is 1.96 bits per heavy atom. The molecule has 0 amide bonds. The van der Waals surface area contributed by atoms with Crippen LogP contribution in [0, 0.1) is 0 Å². The van der Waals surface area contributed by atoms with Crippen molar-refractivity contribution in [3.63, 3.8) is 0 Å².